The third-order valence-electron chi connectivity index (χ3n) is 7.33. The van der Waals surface area contributed by atoms with Gasteiger partial charge in [-0.15, -0.1) is 0 Å². The van der Waals surface area contributed by atoms with Crippen molar-refractivity contribution >= 4 is 11.8 Å². The third kappa shape index (κ3) is 8.70. The number of aryl methyl sites for hydroxylation is 2. The van der Waals surface area contributed by atoms with Crippen molar-refractivity contribution in [1.29, 1.82) is 0 Å². The SMILES string of the molecule is COCCOc1cccc([C@H](CC(=O)OC(C)(C)C)CN2CC[C@@H](CCc3ccc4c(n3)NCCC4)C2)c1. The molecule has 1 fully saturated rings. The van der Waals surface area contributed by atoms with E-state index in [1.807, 2.05) is 32.9 Å². The van der Waals surface area contributed by atoms with E-state index in [1.165, 1.54) is 24.1 Å². The number of nitrogens with one attached hydrogen (secondary N) is 1. The maximum absolute atomic E-state index is 12.8. The number of rotatable bonds is 12. The smallest absolute Gasteiger partial charge is 0.306 e. The molecular weight excluding hydrogens is 478 g/mol. The number of nitrogens with zero attached hydrogens (tertiary/aromatic N) is 2. The molecule has 2 aliphatic heterocycles. The van der Waals surface area contributed by atoms with E-state index in [9.17, 15) is 4.79 Å². The van der Waals surface area contributed by atoms with Crippen LogP contribution in [-0.2, 0) is 27.1 Å². The van der Waals surface area contributed by atoms with E-state index in [-0.39, 0.29) is 11.9 Å². The largest absolute Gasteiger partial charge is 0.491 e. The van der Waals surface area contributed by atoms with Gasteiger partial charge in [0.1, 0.15) is 23.8 Å². The molecule has 2 aromatic rings. The van der Waals surface area contributed by atoms with Crippen LogP contribution in [0.2, 0.25) is 0 Å². The molecule has 7 heteroatoms. The van der Waals surface area contributed by atoms with Gasteiger partial charge < -0.3 is 24.4 Å². The first-order chi connectivity index (χ1) is 18.3. The number of anilines is 1. The van der Waals surface area contributed by atoms with Crippen molar-refractivity contribution in [1.82, 2.24) is 9.88 Å². The van der Waals surface area contributed by atoms with E-state index in [0.717, 1.165) is 62.6 Å². The van der Waals surface area contributed by atoms with Gasteiger partial charge in [-0.05, 0) is 94.7 Å². The number of benzene rings is 1. The lowest BCUT2D eigenvalue weighted by Crippen LogP contribution is -2.30. The molecule has 1 saturated heterocycles. The molecule has 0 unspecified atom stereocenters. The van der Waals surface area contributed by atoms with Gasteiger partial charge >= 0.3 is 5.97 Å². The van der Waals surface area contributed by atoms with Gasteiger partial charge in [0.25, 0.3) is 0 Å². The van der Waals surface area contributed by atoms with Crippen LogP contribution in [0, 0.1) is 5.92 Å². The summed E-state index contributed by atoms with van der Waals surface area (Å²) in [5.74, 6) is 2.42. The lowest BCUT2D eigenvalue weighted by Gasteiger charge is -2.26. The molecule has 208 valence electrons. The van der Waals surface area contributed by atoms with Crippen molar-refractivity contribution in [3.63, 3.8) is 0 Å². The number of pyridine rings is 1. The van der Waals surface area contributed by atoms with Crippen LogP contribution < -0.4 is 10.1 Å². The second-order valence-corrected chi connectivity index (χ2v) is 11.7. The van der Waals surface area contributed by atoms with Gasteiger partial charge in [0.15, 0.2) is 0 Å². The molecule has 0 spiro atoms. The van der Waals surface area contributed by atoms with Crippen LogP contribution in [0.4, 0.5) is 5.82 Å². The number of carbonyl (C=O) groups excluding carboxylic acids is 1. The number of esters is 1. The number of ether oxygens (including phenoxy) is 3. The van der Waals surface area contributed by atoms with Crippen molar-refractivity contribution in [2.75, 3.05) is 51.8 Å². The molecule has 2 aliphatic rings. The van der Waals surface area contributed by atoms with Crippen LogP contribution in [0.25, 0.3) is 0 Å². The number of hydrogen-bond acceptors (Lipinski definition) is 7. The minimum absolute atomic E-state index is 0.0444. The highest BCUT2D eigenvalue weighted by molar-refractivity contribution is 5.71. The maximum Gasteiger partial charge on any atom is 0.306 e. The fraction of sp³-hybridized carbons (Fsp3) is 0.613. The van der Waals surface area contributed by atoms with Gasteiger partial charge in [-0.3, -0.25) is 4.79 Å². The highest BCUT2D eigenvalue weighted by Crippen LogP contribution is 2.30. The first-order valence-corrected chi connectivity index (χ1v) is 14.2. The van der Waals surface area contributed by atoms with Crippen molar-refractivity contribution in [3.05, 3.63) is 53.2 Å². The third-order valence-corrected chi connectivity index (χ3v) is 7.33. The van der Waals surface area contributed by atoms with E-state index < -0.39 is 5.60 Å². The monoisotopic (exact) mass is 523 g/mol. The highest BCUT2D eigenvalue weighted by Gasteiger charge is 2.28. The molecule has 3 heterocycles. The van der Waals surface area contributed by atoms with Crippen LogP contribution in [0.3, 0.4) is 0 Å². The number of likely N-dealkylation sites (tertiary alicyclic amines) is 1. The fourth-order valence-corrected chi connectivity index (χ4v) is 5.46. The molecule has 4 rings (SSSR count). The van der Waals surface area contributed by atoms with E-state index in [2.05, 4.69) is 34.5 Å². The molecule has 0 aliphatic carbocycles. The standard InChI is InChI=1S/C31H45N3O4/c1-31(2,3)38-29(35)20-26(25-7-5-9-28(19-25)37-18-17-36-4)22-34-16-14-23(21-34)10-12-27-13-11-24-8-6-15-32-30(24)33-27/h5,7,9,11,13,19,23,26H,6,8,10,12,14-18,20-22H2,1-4H3,(H,32,33)/t23-,26-/m1/s1. The Balaban J connectivity index is 1.36. The summed E-state index contributed by atoms with van der Waals surface area (Å²) in [5.41, 5.74) is 3.15. The summed E-state index contributed by atoms with van der Waals surface area (Å²) in [6.07, 6.45) is 6.00. The average molecular weight is 524 g/mol. The Labute approximate surface area is 228 Å². The lowest BCUT2D eigenvalue weighted by molar-refractivity contribution is -0.155. The first kappa shape index (κ1) is 28.4. The topological polar surface area (TPSA) is 72.9 Å². The summed E-state index contributed by atoms with van der Waals surface area (Å²) in [6, 6.07) is 12.6. The van der Waals surface area contributed by atoms with E-state index in [4.69, 9.17) is 19.2 Å². The Kier molecular flexibility index (Phi) is 10.0. The van der Waals surface area contributed by atoms with Crippen LogP contribution in [0.1, 0.15) is 69.2 Å². The summed E-state index contributed by atoms with van der Waals surface area (Å²) in [5, 5.41) is 3.45. The van der Waals surface area contributed by atoms with E-state index >= 15 is 0 Å². The van der Waals surface area contributed by atoms with Crippen molar-refractivity contribution in [3.8, 4) is 5.75 Å². The second kappa shape index (κ2) is 13.4. The quantitative estimate of drug-likeness (QED) is 0.301. The number of hydrogen-bond donors (Lipinski definition) is 1. The summed E-state index contributed by atoms with van der Waals surface area (Å²) < 4.78 is 16.7. The Morgan fingerprint density at radius 3 is 2.89 bits per heavy atom. The van der Waals surface area contributed by atoms with E-state index in [0.29, 0.717) is 25.6 Å². The van der Waals surface area contributed by atoms with Gasteiger partial charge in [0.05, 0.1) is 13.0 Å². The molecule has 1 aromatic carbocycles. The van der Waals surface area contributed by atoms with Crippen molar-refractivity contribution in [2.45, 2.75) is 70.8 Å². The van der Waals surface area contributed by atoms with Gasteiger partial charge in [-0.25, -0.2) is 4.98 Å². The van der Waals surface area contributed by atoms with Gasteiger partial charge in [-0.2, -0.15) is 0 Å². The summed E-state index contributed by atoms with van der Waals surface area (Å²) >= 11 is 0. The Hall–Kier alpha value is -2.64. The molecule has 1 aromatic heterocycles. The summed E-state index contributed by atoms with van der Waals surface area (Å²) in [6.45, 7) is 10.8. The molecule has 38 heavy (non-hydrogen) atoms. The van der Waals surface area contributed by atoms with Crippen molar-refractivity contribution < 1.29 is 19.0 Å². The first-order valence-electron chi connectivity index (χ1n) is 14.2. The minimum Gasteiger partial charge on any atom is -0.491 e. The summed E-state index contributed by atoms with van der Waals surface area (Å²) in [4.78, 5) is 20.2. The zero-order valence-electron chi connectivity index (χ0n) is 23.6. The molecule has 0 radical (unpaired) electrons. The predicted octanol–water partition coefficient (Wildman–Crippen LogP) is 5.24. The van der Waals surface area contributed by atoms with Gasteiger partial charge in [0.2, 0.25) is 0 Å². The Bertz CT molecular complexity index is 1050. The highest BCUT2D eigenvalue weighted by atomic mass is 16.6. The molecule has 0 amide bonds. The summed E-state index contributed by atoms with van der Waals surface area (Å²) in [7, 11) is 1.67. The molecule has 0 bridgehead atoms. The molecule has 2 atom stereocenters. The minimum atomic E-state index is -0.494. The zero-order valence-corrected chi connectivity index (χ0v) is 23.6. The predicted molar refractivity (Wildman–Crippen MR) is 151 cm³/mol. The van der Waals surface area contributed by atoms with Crippen LogP contribution in [0.15, 0.2) is 36.4 Å². The number of aromatic nitrogens is 1. The Morgan fingerprint density at radius 1 is 1.21 bits per heavy atom. The lowest BCUT2D eigenvalue weighted by atomic mass is 9.94. The van der Waals surface area contributed by atoms with Gasteiger partial charge in [-0.1, -0.05) is 18.2 Å². The fourth-order valence-electron chi connectivity index (χ4n) is 5.46. The molecular formula is C31H45N3O4. The Morgan fingerprint density at radius 2 is 2.08 bits per heavy atom. The maximum atomic E-state index is 12.8. The normalized spacial score (nSPS) is 18.5. The number of carbonyl (C=O) groups is 1. The number of fused-ring (bicyclic) bond motifs is 1. The van der Waals surface area contributed by atoms with Crippen LogP contribution in [0.5, 0.6) is 5.75 Å². The van der Waals surface area contributed by atoms with Crippen LogP contribution >= 0.6 is 0 Å². The number of methoxy groups -OCH3 is 1. The second-order valence-electron chi connectivity index (χ2n) is 11.7. The molecule has 7 nitrogen and oxygen atoms in total. The van der Waals surface area contributed by atoms with Crippen LogP contribution in [-0.4, -0.2) is 68.0 Å². The molecule has 0 saturated carbocycles. The average Bonchev–Trinajstić information content (AvgIpc) is 3.33. The van der Waals surface area contributed by atoms with Gasteiger partial charge in [0, 0.05) is 38.4 Å². The molecule has 1 N–H and O–H groups in total. The van der Waals surface area contributed by atoms with Crippen molar-refractivity contribution in [2.24, 2.45) is 5.92 Å². The van der Waals surface area contributed by atoms with E-state index in [1.54, 1.807) is 7.11 Å². The zero-order chi connectivity index (χ0) is 27.0.